The zero-order valence-corrected chi connectivity index (χ0v) is 22.1. The first-order chi connectivity index (χ1) is 17.2. The van der Waals surface area contributed by atoms with Crippen LogP contribution in [-0.2, 0) is 18.6 Å². The molecule has 2 aromatic rings. The van der Waals surface area contributed by atoms with Crippen LogP contribution in [0, 0.1) is 5.92 Å². The summed E-state index contributed by atoms with van der Waals surface area (Å²) in [5.74, 6) is -2.53. The molecule has 0 amide bonds. The van der Waals surface area contributed by atoms with Crippen LogP contribution in [0.3, 0.4) is 0 Å². The van der Waals surface area contributed by atoms with Gasteiger partial charge in [0.05, 0.1) is 0 Å². The number of nitrogens with zero attached hydrogens (tertiary/aromatic N) is 1. The van der Waals surface area contributed by atoms with Gasteiger partial charge in [-0.25, -0.2) is 0 Å². The van der Waals surface area contributed by atoms with Crippen LogP contribution >= 0.6 is 19.0 Å². The number of H-pyrrole nitrogens is 1. The van der Waals surface area contributed by atoms with Crippen LogP contribution < -0.4 is 16.3 Å². The average molecular weight is 562 g/mol. The molecular weight excluding hydrogens is 532 g/mol. The molecule has 0 spiro atoms. The molecular formula is C23H30ClFN3O8P. The minimum atomic E-state index is -4.53. The number of hydrogen-bond donors (Lipinski definition) is 4. The van der Waals surface area contributed by atoms with Gasteiger partial charge in [-0.3, -0.25) is 0 Å². The Bertz CT molecular complexity index is 1300. The standard InChI is InChI=1S/C23H30ClFN3O8P/c1-13(2)37(33,26-11-17(36-37)14-5-4-6-15(24)9-14)34-12-18-16(10-20(30)31)23(3,25)21(35-18)28-8-7-19(29)27-22(28)32/h4-9,13,16-18,21,26,33H,10-12H2,1-3H3,(H,30,31)(H,27,29,32)/t16-,17+,18+,21-,23-/m1/s1. The summed E-state index contributed by atoms with van der Waals surface area (Å²) in [6, 6.07) is 8.01. The first-order valence-electron chi connectivity index (χ1n) is 11.7. The summed E-state index contributed by atoms with van der Waals surface area (Å²) < 4.78 is 35.0. The van der Waals surface area contributed by atoms with Crippen LogP contribution in [0.4, 0.5) is 4.39 Å². The molecule has 2 fully saturated rings. The fraction of sp³-hybridized carbons (Fsp3) is 0.522. The molecule has 1 aromatic carbocycles. The van der Waals surface area contributed by atoms with E-state index in [1.54, 1.807) is 38.1 Å². The molecule has 14 heteroatoms. The maximum atomic E-state index is 16.1. The number of aromatic nitrogens is 2. The number of alkyl halides is 1. The van der Waals surface area contributed by atoms with Crippen molar-refractivity contribution in [3.63, 3.8) is 0 Å². The van der Waals surface area contributed by atoms with Gasteiger partial charge in [0.15, 0.2) is 0 Å². The molecule has 204 valence electrons. The molecule has 5 atom stereocenters. The summed E-state index contributed by atoms with van der Waals surface area (Å²) in [4.78, 5) is 49.3. The van der Waals surface area contributed by atoms with Crippen LogP contribution in [0.2, 0.25) is 5.02 Å². The third-order valence-corrected chi connectivity index (χ3v) is 11.1. The van der Waals surface area contributed by atoms with Crippen molar-refractivity contribution in [1.29, 1.82) is 0 Å². The maximum absolute atomic E-state index is 16.1. The number of halogens is 2. The predicted octanol–water partition coefficient (Wildman–Crippen LogP) is 2.90. The van der Waals surface area contributed by atoms with Gasteiger partial charge in [0.1, 0.15) is 0 Å². The Kier molecular flexibility index (Phi) is 7.41. The Hall–Kier alpha value is -2.18. The topological polar surface area (TPSA) is 152 Å². The first-order valence-corrected chi connectivity index (χ1v) is 14.2. The SMILES string of the molecule is CC(C)P1(O)(OC[C@@H]2O[C@@H](n3ccc(=O)[nH]c3=O)[C@](C)(F)[C@@H]2CC(=O)O)NC[C@@H](c2cccc(Cl)c2)O1. The number of benzene rings is 1. The number of aliphatic carboxylic acids is 1. The van der Waals surface area contributed by atoms with Crippen LogP contribution in [0.1, 0.15) is 45.1 Å². The van der Waals surface area contributed by atoms with E-state index in [0.717, 1.165) is 29.3 Å². The van der Waals surface area contributed by atoms with Crippen molar-refractivity contribution in [2.24, 2.45) is 5.92 Å². The number of nitrogens with one attached hydrogen (secondary N) is 2. The summed E-state index contributed by atoms with van der Waals surface area (Å²) in [5, 5.41) is 13.0. The van der Waals surface area contributed by atoms with Gasteiger partial charge in [-0.2, -0.15) is 0 Å². The molecule has 4 N–H and O–H groups in total. The van der Waals surface area contributed by atoms with E-state index in [9.17, 15) is 24.4 Å². The molecule has 2 aliphatic heterocycles. The fourth-order valence-corrected chi connectivity index (χ4v) is 7.73. The molecule has 0 radical (unpaired) electrons. The molecule has 0 bridgehead atoms. The molecule has 0 saturated carbocycles. The summed E-state index contributed by atoms with van der Waals surface area (Å²) in [5.41, 5.74) is -3.75. The zero-order valence-electron chi connectivity index (χ0n) is 20.5. The normalized spacial score (nSPS) is 31.7. The third kappa shape index (κ3) is 5.24. The Morgan fingerprint density at radius 1 is 1.38 bits per heavy atom. The summed E-state index contributed by atoms with van der Waals surface area (Å²) >= 11 is 6.10. The van der Waals surface area contributed by atoms with Gasteiger partial charge in [-0.05, 0) is 0 Å². The van der Waals surface area contributed by atoms with Crippen molar-refractivity contribution < 1.29 is 33.0 Å². The molecule has 0 unspecified atom stereocenters. The summed E-state index contributed by atoms with van der Waals surface area (Å²) in [6.07, 6.45) is -2.84. The Morgan fingerprint density at radius 2 is 2.11 bits per heavy atom. The molecule has 2 aliphatic rings. The van der Waals surface area contributed by atoms with Crippen molar-refractivity contribution in [1.82, 2.24) is 14.6 Å². The first kappa shape index (κ1) is 27.8. The van der Waals surface area contributed by atoms with Crippen molar-refractivity contribution in [2.75, 3.05) is 13.2 Å². The number of carboxylic acid groups (broad SMARTS) is 1. The van der Waals surface area contributed by atoms with E-state index in [0.29, 0.717) is 5.02 Å². The van der Waals surface area contributed by atoms with Crippen LogP contribution in [0.15, 0.2) is 46.1 Å². The second-order valence-corrected chi connectivity index (χ2v) is 14.0. The van der Waals surface area contributed by atoms with E-state index in [-0.39, 0.29) is 6.54 Å². The van der Waals surface area contributed by atoms with Gasteiger partial charge in [-0.1, -0.05) is 0 Å². The van der Waals surface area contributed by atoms with E-state index >= 15 is 4.39 Å². The average Bonchev–Trinajstić information content (AvgIpc) is 3.29. The summed E-state index contributed by atoms with van der Waals surface area (Å²) in [7, 11) is -4.53. The fourth-order valence-electron chi connectivity index (χ4n) is 4.77. The van der Waals surface area contributed by atoms with E-state index in [1.165, 1.54) is 0 Å². The van der Waals surface area contributed by atoms with Gasteiger partial charge in [0.2, 0.25) is 0 Å². The van der Waals surface area contributed by atoms with E-state index in [1.807, 2.05) is 4.98 Å². The predicted molar refractivity (Wildman–Crippen MR) is 134 cm³/mol. The second kappa shape index (κ2) is 9.85. The number of rotatable bonds is 8. The van der Waals surface area contributed by atoms with Gasteiger partial charge in [-0.15, -0.1) is 0 Å². The van der Waals surface area contributed by atoms with Crippen molar-refractivity contribution in [3.05, 3.63) is 68.0 Å². The Balaban J connectivity index is 1.61. The number of aromatic amines is 1. The number of carboxylic acids is 1. The molecule has 0 aliphatic carbocycles. The van der Waals surface area contributed by atoms with E-state index in [2.05, 4.69) is 5.09 Å². The number of carbonyl (C=O) groups is 1. The van der Waals surface area contributed by atoms with Crippen LogP contribution in [0.25, 0.3) is 0 Å². The van der Waals surface area contributed by atoms with Gasteiger partial charge >= 0.3 is 217 Å². The van der Waals surface area contributed by atoms with Crippen molar-refractivity contribution in [3.8, 4) is 0 Å². The van der Waals surface area contributed by atoms with E-state index < -0.39 is 73.4 Å². The Morgan fingerprint density at radius 3 is 2.73 bits per heavy atom. The quantitative estimate of drug-likeness (QED) is 0.356. The van der Waals surface area contributed by atoms with Crippen molar-refractivity contribution in [2.45, 2.75) is 57.0 Å². The molecule has 37 heavy (non-hydrogen) atoms. The monoisotopic (exact) mass is 561 g/mol. The molecule has 4 rings (SSSR count). The van der Waals surface area contributed by atoms with Crippen LogP contribution in [0.5, 0.6) is 0 Å². The van der Waals surface area contributed by atoms with Gasteiger partial charge in [0, 0.05) is 0 Å². The third-order valence-electron chi connectivity index (χ3n) is 6.98. The second-order valence-electron chi connectivity index (χ2n) is 9.78. The molecule has 1 aromatic heterocycles. The Labute approximate surface area is 216 Å². The minimum absolute atomic E-state index is 0.215. The number of hydrogen-bond acceptors (Lipinski definition) is 8. The van der Waals surface area contributed by atoms with Gasteiger partial charge in [0.25, 0.3) is 0 Å². The van der Waals surface area contributed by atoms with E-state index in [4.69, 9.17) is 25.4 Å². The number of ether oxygens (including phenoxy) is 1. The molecule has 3 heterocycles. The van der Waals surface area contributed by atoms with Crippen LogP contribution in [-0.4, -0.2) is 56.1 Å². The van der Waals surface area contributed by atoms with Crippen molar-refractivity contribution >= 4 is 25.0 Å². The molecule has 2 saturated heterocycles. The summed E-state index contributed by atoms with van der Waals surface area (Å²) in [6.45, 7) is 4.34. The zero-order chi connectivity index (χ0) is 27.2. The van der Waals surface area contributed by atoms with Gasteiger partial charge < -0.3 is 0 Å². The molecule has 11 nitrogen and oxygen atoms in total.